The number of imidazole rings is 1. The van der Waals surface area contributed by atoms with Crippen LogP contribution in [0, 0.1) is 0 Å². The van der Waals surface area contributed by atoms with Crippen LogP contribution in [0.3, 0.4) is 0 Å². The van der Waals surface area contributed by atoms with Gasteiger partial charge >= 0.3 is 5.97 Å². The molecule has 0 aliphatic heterocycles. The summed E-state index contributed by atoms with van der Waals surface area (Å²) in [5, 5.41) is 10.5. The lowest BCUT2D eigenvalue weighted by atomic mass is 10.2. The Bertz CT molecular complexity index is 556. The number of aryl methyl sites for hydroxylation is 1. The molecule has 0 radical (unpaired) electrons. The molecule has 0 unspecified atom stereocenters. The Balaban J connectivity index is 2.46. The smallest absolute Gasteiger partial charge is 0.337 e. The number of carboxylic acids is 1. The van der Waals surface area contributed by atoms with Gasteiger partial charge in [-0.3, -0.25) is 4.79 Å². The number of hydrogen-bond donors (Lipinski definition) is 1. The second kappa shape index (κ2) is 3.90. The highest BCUT2D eigenvalue weighted by molar-refractivity contribution is 7.12. The first-order chi connectivity index (χ1) is 7.61. The summed E-state index contributed by atoms with van der Waals surface area (Å²) in [6, 6.07) is 1.42. The van der Waals surface area contributed by atoms with E-state index >= 15 is 0 Å². The molecule has 0 saturated carbocycles. The van der Waals surface area contributed by atoms with E-state index in [1.807, 2.05) is 0 Å². The largest absolute Gasteiger partial charge is 0.478 e. The van der Waals surface area contributed by atoms with Gasteiger partial charge in [-0.05, 0) is 11.4 Å². The molecule has 82 valence electrons. The quantitative estimate of drug-likeness (QED) is 0.818. The molecule has 5 nitrogen and oxygen atoms in total. The summed E-state index contributed by atoms with van der Waals surface area (Å²) in [6.07, 6.45) is 3.14. The van der Waals surface area contributed by atoms with Gasteiger partial charge in [0.1, 0.15) is 0 Å². The van der Waals surface area contributed by atoms with Crippen LogP contribution in [-0.4, -0.2) is 26.4 Å². The molecule has 16 heavy (non-hydrogen) atoms. The van der Waals surface area contributed by atoms with E-state index in [-0.39, 0.29) is 22.0 Å². The van der Waals surface area contributed by atoms with Gasteiger partial charge in [0.25, 0.3) is 0 Å². The first-order valence-electron chi connectivity index (χ1n) is 4.44. The zero-order chi connectivity index (χ0) is 11.7. The molecular weight excluding hydrogens is 228 g/mol. The van der Waals surface area contributed by atoms with Crippen LogP contribution in [0.5, 0.6) is 0 Å². The van der Waals surface area contributed by atoms with Crippen LogP contribution in [0.4, 0.5) is 0 Å². The predicted octanol–water partition coefficient (Wildman–Crippen LogP) is 1.41. The number of carbonyl (C=O) groups excluding carboxylic acids is 1. The van der Waals surface area contributed by atoms with Crippen molar-refractivity contribution >= 4 is 23.1 Å². The van der Waals surface area contributed by atoms with Gasteiger partial charge in [-0.2, -0.15) is 0 Å². The highest BCUT2D eigenvalue weighted by atomic mass is 32.1. The number of hydrogen-bond acceptors (Lipinski definition) is 4. The average molecular weight is 236 g/mol. The van der Waals surface area contributed by atoms with E-state index in [0.717, 1.165) is 11.3 Å². The summed E-state index contributed by atoms with van der Waals surface area (Å²) in [5.74, 6) is -1.22. The lowest BCUT2D eigenvalue weighted by molar-refractivity contribution is 0.0693. The van der Waals surface area contributed by atoms with Crippen LogP contribution < -0.4 is 0 Å². The molecule has 2 rings (SSSR count). The molecule has 0 saturated heterocycles. The van der Waals surface area contributed by atoms with Gasteiger partial charge in [-0.15, -0.1) is 11.3 Å². The molecule has 0 aliphatic carbocycles. The van der Waals surface area contributed by atoms with Crippen molar-refractivity contribution in [2.24, 2.45) is 7.05 Å². The highest BCUT2D eigenvalue weighted by Crippen LogP contribution is 2.20. The lowest BCUT2D eigenvalue weighted by Gasteiger charge is -1.99. The summed E-state index contributed by atoms with van der Waals surface area (Å²) in [4.78, 5) is 27.0. The topological polar surface area (TPSA) is 72.2 Å². The normalized spacial score (nSPS) is 10.3. The summed E-state index contributed by atoms with van der Waals surface area (Å²) >= 11 is 1.11. The zero-order valence-electron chi connectivity index (χ0n) is 8.38. The third kappa shape index (κ3) is 1.63. The van der Waals surface area contributed by atoms with Gasteiger partial charge in [0.15, 0.2) is 5.82 Å². The van der Waals surface area contributed by atoms with E-state index in [2.05, 4.69) is 4.98 Å². The monoisotopic (exact) mass is 236 g/mol. The fourth-order valence-corrected chi connectivity index (χ4v) is 2.16. The Labute approximate surface area is 95.0 Å². The van der Waals surface area contributed by atoms with E-state index in [1.165, 1.54) is 12.3 Å². The molecule has 0 bridgehead atoms. The van der Waals surface area contributed by atoms with Crippen molar-refractivity contribution in [1.82, 2.24) is 9.55 Å². The summed E-state index contributed by atoms with van der Waals surface area (Å²) < 4.78 is 1.56. The van der Waals surface area contributed by atoms with E-state index in [4.69, 9.17) is 5.11 Å². The number of aromatic nitrogens is 2. The molecule has 0 aromatic carbocycles. The maximum Gasteiger partial charge on any atom is 0.337 e. The van der Waals surface area contributed by atoms with E-state index in [1.54, 1.807) is 23.2 Å². The molecule has 0 spiro atoms. The van der Waals surface area contributed by atoms with Crippen molar-refractivity contribution in [1.29, 1.82) is 0 Å². The van der Waals surface area contributed by atoms with Crippen LogP contribution >= 0.6 is 11.3 Å². The molecule has 0 amide bonds. The molecule has 2 aromatic heterocycles. The van der Waals surface area contributed by atoms with Crippen molar-refractivity contribution in [2.45, 2.75) is 0 Å². The number of carbonyl (C=O) groups is 2. The van der Waals surface area contributed by atoms with Crippen LogP contribution in [0.25, 0.3) is 0 Å². The molecule has 6 heteroatoms. The number of aromatic carboxylic acids is 1. The lowest BCUT2D eigenvalue weighted by Crippen LogP contribution is -2.10. The van der Waals surface area contributed by atoms with Crippen molar-refractivity contribution in [2.75, 3.05) is 0 Å². The molecule has 2 heterocycles. The summed E-state index contributed by atoms with van der Waals surface area (Å²) in [5.41, 5.74) is 0.0259. The first-order valence-corrected chi connectivity index (χ1v) is 5.32. The van der Waals surface area contributed by atoms with Gasteiger partial charge in [0.2, 0.25) is 5.78 Å². The van der Waals surface area contributed by atoms with Crippen molar-refractivity contribution in [3.8, 4) is 0 Å². The fourth-order valence-electron chi connectivity index (χ4n) is 1.34. The molecule has 0 atom stereocenters. The highest BCUT2D eigenvalue weighted by Gasteiger charge is 2.21. The maximum atomic E-state index is 12.0. The van der Waals surface area contributed by atoms with Crippen LogP contribution in [-0.2, 0) is 7.05 Å². The SMILES string of the molecule is Cn1ccnc1C(=O)c1sccc1C(=O)O. The maximum absolute atomic E-state index is 12.0. The molecule has 0 aliphatic rings. The predicted molar refractivity (Wildman–Crippen MR) is 57.9 cm³/mol. The van der Waals surface area contributed by atoms with Crippen LogP contribution in [0.15, 0.2) is 23.8 Å². The number of rotatable bonds is 3. The van der Waals surface area contributed by atoms with Crippen LogP contribution in [0.1, 0.15) is 25.9 Å². The Hall–Kier alpha value is -1.95. The van der Waals surface area contributed by atoms with Gasteiger partial charge in [-0.1, -0.05) is 0 Å². The minimum atomic E-state index is -1.10. The first kappa shape index (κ1) is 10.6. The summed E-state index contributed by atoms with van der Waals surface area (Å²) in [7, 11) is 1.69. The second-order valence-electron chi connectivity index (χ2n) is 3.16. The molecule has 0 fully saturated rings. The van der Waals surface area contributed by atoms with Gasteiger partial charge in [-0.25, -0.2) is 9.78 Å². The van der Waals surface area contributed by atoms with Crippen molar-refractivity contribution < 1.29 is 14.7 Å². The van der Waals surface area contributed by atoms with E-state index in [0.29, 0.717) is 0 Å². The third-order valence-corrected chi connectivity index (χ3v) is 3.04. The fraction of sp³-hybridized carbons (Fsp3) is 0.100. The van der Waals surface area contributed by atoms with Gasteiger partial charge in [0, 0.05) is 19.4 Å². The Morgan fingerprint density at radius 3 is 2.81 bits per heavy atom. The Morgan fingerprint density at radius 2 is 2.25 bits per heavy atom. The molecule has 2 aromatic rings. The summed E-state index contributed by atoms with van der Waals surface area (Å²) in [6.45, 7) is 0. The van der Waals surface area contributed by atoms with Gasteiger partial charge in [0.05, 0.1) is 10.4 Å². The minimum absolute atomic E-state index is 0.0259. The van der Waals surface area contributed by atoms with E-state index in [9.17, 15) is 9.59 Å². The third-order valence-electron chi connectivity index (χ3n) is 2.13. The number of thiophene rings is 1. The number of ketones is 1. The Morgan fingerprint density at radius 1 is 1.50 bits per heavy atom. The average Bonchev–Trinajstić information content (AvgIpc) is 2.84. The minimum Gasteiger partial charge on any atom is -0.478 e. The standard InChI is InChI=1S/C10H8N2O3S/c1-12-4-3-11-9(12)7(13)8-6(10(14)15)2-5-16-8/h2-5H,1H3,(H,14,15). The van der Waals surface area contributed by atoms with Crippen LogP contribution in [0.2, 0.25) is 0 Å². The van der Waals surface area contributed by atoms with Crippen molar-refractivity contribution in [3.05, 3.63) is 40.1 Å². The Kier molecular flexibility index (Phi) is 2.57. The van der Waals surface area contributed by atoms with Gasteiger partial charge < -0.3 is 9.67 Å². The molecule has 1 N–H and O–H groups in total. The molecular formula is C10H8N2O3S. The number of nitrogens with zero attached hydrogens (tertiary/aromatic N) is 2. The number of carboxylic acid groups (broad SMARTS) is 1. The zero-order valence-corrected chi connectivity index (χ0v) is 9.19. The second-order valence-corrected chi connectivity index (χ2v) is 4.08. The van der Waals surface area contributed by atoms with Crippen molar-refractivity contribution in [3.63, 3.8) is 0 Å². The van der Waals surface area contributed by atoms with E-state index < -0.39 is 5.97 Å².